The fraction of sp³-hybridized carbons (Fsp3) is 0.316. The molecule has 0 radical (unpaired) electrons. The van der Waals surface area contributed by atoms with Gasteiger partial charge in [0.05, 0.1) is 34.0 Å². The van der Waals surface area contributed by atoms with Gasteiger partial charge in [-0.2, -0.15) is 5.26 Å². The van der Waals surface area contributed by atoms with E-state index in [2.05, 4.69) is 4.98 Å². The summed E-state index contributed by atoms with van der Waals surface area (Å²) in [7, 11) is -0.710. The van der Waals surface area contributed by atoms with Crippen LogP contribution in [-0.2, 0) is 9.31 Å². The standard InChI is InChI=1S/C19H18BFN2O3/c1-18(2)19(3,4)26-20(25-18)16-7-5-6-15(23-16)17(24)13-9-8-12(11-22)10-14(13)21/h5-10H,1-4H3. The molecule has 0 saturated carbocycles. The van der Waals surface area contributed by atoms with Crippen molar-refractivity contribution < 1.29 is 18.5 Å². The summed E-state index contributed by atoms with van der Waals surface area (Å²) in [5.74, 6) is -1.32. The number of carbonyl (C=O) groups is 1. The first kappa shape index (κ1) is 18.2. The summed E-state index contributed by atoms with van der Waals surface area (Å²) in [6.07, 6.45) is 0. The predicted molar refractivity (Wildman–Crippen MR) is 94.5 cm³/mol. The van der Waals surface area contributed by atoms with Gasteiger partial charge in [0.15, 0.2) is 0 Å². The molecule has 7 heteroatoms. The van der Waals surface area contributed by atoms with E-state index in [0.717, 1.165) is 6.07 Å². The van der Waals surface area contributed by atoms with Crippen molar-refractivity contribution in [3.63, 3.8) is 0 Å². The molecule has 0 spiro atoms. The Kier molecular flexibility index (Phi) is 4.43. The SMILES string of the molecule is CC1(C)OB(c2cccc(C(=O)c3ccc(C#N)cc3F)n2)OC1(C)C. The number of hydrogen-bond donors (Lipinski definition) is 0. The highest BCUT2D eigenvalue weighted by molar-refractivity contribution is 6.61. The number of ketones is 1. The van der Waals surface area contributed by atoms with Crippen LogP contribution in [0.15, 0.2) is 36.4 Å². The summed E-state index contributed by atoms with van der Waals surface area (Å²) in [4.78, 5) is 16.9. The van der Waals surface area contributed by atoms with E-state index < -0.39 is 29.9 Å². The maximum Gasteiger partial charge on any atom is 0.514 e. The minimum absolute atomic E-state index is 0.0841. The van der Waals surface area contributed by atoms with E-state index in [0.29, 0.717) is 5.59 Å². The van der Waals surface area contributed by atoms with Crippen molar-refractivity contribution in [1.82, 2.24) is 4.98 Å². The molecule has 0 aliphatic carbocycles. The van der Waals surface area contributed by atoms with Gasteiger partial charge in [-0.15, -0.1) is 0 Å². The van der Waals surface area contributed by atoms with Crippen molar-refractivity contribution >= 4 is 18.5 Å². The van der Waals surface area contributed by atoms with E-state index in [9.17, 15) is 9.18 Å². The fourth-order valence-electron chi connectivity index (χ4n) is 2.58. The van der Waals surface area contributed by atoms with Crippen LogP contribution in [0.3, 0.4) is 0 Å². The van der Waals surface area contributed by atoms with Gasteiger partial charge in [0.2, 0.25) is 5.78 Å². The van der Waals surface area contributed by atoms with E-state index in [1.54, 1.807) is 12.1 Å². The van der Waals surface area contributed by atoms with Crippen LogP contribution in [0.4, 0.5) is 4.39 Å². The first-order chi connectivity index (χ1) is 12.1. The minimum atomic E-state index is -0.753. The lowest BCUT2D eigenvalue weighted by Crippen LogP contribution is -2.41. The third-order valence-corrected chi connectivity index (χ3v) is 4.84. The summed E-state index contributed by atoms with van der Waals surface area (Å²) in [5, 5.41) is 8.81. The molecule has 1 fully saturated rings. The van der Waals surface area contributed by atoms with E-state index >= 15 is 0 Å². The number of nitrogens with zero attached hydrogens (tertiary/aromatic N) is 2. The molecule has 1 aromatic carbocycles. The lowest BCUT2D eigenvalue weighted by Gasteiger charge is -2.32. The Labute approximate surface area is 151 Å². The lowest BCUT2D eigenvalue weighted by molar-refractivity contribution is 0.00578. The summed E-state index contributed by atoms with van der Waals surface area (Å²) >= 11 is 0. The Morgan fingerprint density at radius 2 is 1.81 bits per heavy atom. The molecule has 3 rings (SSSR count). The van der Waals surface area contributed by atoms with E-state index in [-0.39, 0.29) is 16.8 Å². The van der Waals surface area contributed by atoms with Gasteiger partial charge in [-0.25, -0.2) is 4.39 Å². The maximum atomic E-state index is 14.1. The zero-order valence-corrected chi connectivity index (χ0v) is 15.0. The quantitative estimate of drug-likeness (QED) is 0.627. The number of hydrogen-bond acceptors (Lipinski definition) is 5. The highest BCUT2D eigenvalue weighted by atomic mass is 19.1. The Hall–Kier alpha value is -2.56. The largest absolute Gasteiger partial charge is 0.514 e. The highest BCUT2D eigenvalue weighted by Crippen LogP contribution is 2.36. The Bertz CT molecular complexity index is 905. The molecule has 26 heavy (non-hydrogen) atoms. The number of rotatable bonds is 3. The average molecular weight is 352 g/mol. The van der Waals surface area contributed by atoms with Crippen LogP contribution >= 0.6 is 0 Å². The molecule has 1 aliphatic rings. The van der Waals surface area contributed by atoms with Crippen molar-refractivity contribution in [3.8, 4) is 6.07 Å². The molecule has 0 amide bonds. The Morgan fingerprint density at radius 3 is 2.38 bits per heavy atom. The third-order valence-electron chi connectivity index (χ3n) is 4.84. The second kappa shape index (κ2) is 6.31. The Morgan fingerprint density at radius 1 is 1.15 bits per heavy atom. The zero-order valence-electron chi connectivity index (χ0n) is 15.0. The van der Waals surface area contributed by atoms with Crippen LogP contribution < -0.4 is 5.59 Å². The lowest BCUT2D eigenvalue weighted by atomic mass is 9.84. The van der Waals surface area contributed by atoms with Crippen molar-refractivity contribution in [3.05, 3.63) is 59.0 Å². The topological polar surface area (TPSA) is 72.2 Å². The van der Waals surface area contributed by atoms with Gasteiger partial charge < -0.3 is 9.31 Å². The maximum absolute atomic E-state index is 14.1. The molecule has 2 heterocycles. The number of nitriles is 1. The monoisotopic (exact) mass is 352 g/mol. The van der Waals surface area contributed by atoms with Crippen molar-refractivity contribution in [2.24, 2.45) is 0 Å². The fourth-order valence-corrected chi connectivity index (χ4v) is 2.58. The van der Waals surface area contributed by atoms with Gasteiger partial charge in [-0.05, 0) is 58.0 Å². The molecule has 1 aliphatic heterocycles. The van der Waals surface area contributed by atoms with Gasteiger partial charge in [0, 0.05) is 0 Å². The summed E-state index contributed by atoms with van der Waals surface area (Å²) in [6, 6.07) is 10.4. The number of pyridine rings is 1. The van der Waals surface area contributed by atoms with Gasteiger partial charge in [0.1, 0.15) is 11.5 Å². The molecular weight excluding hydrogens is 334 g/mol. The molecule has 132 valence electrons. The average Bonchev–Trinajstić information content (AvgIpc) is 2.82. The molecular formula is C19H18BFN2O3. The van der Waals surface area contributed by atoms with Crippen molar-refractivity contribution in [2.45, 2.75) is 38.9 Å². The van der Waals surface area contributed by atoms with Crippen LogP contribution in [-0.4, -0.2) is 29.1 Å². The summed E-state index contributed by atoms with van der Waals surface area (Å²) in [5.41, 5.74) is -0.512. The second-order valence-electron chi connectivity index (χ2n) is 7.17. The zero-order chi connectivity index (χ0) is 19.1. The minimum Gasteiger partial charge on any atom is -0.398 e. The first-order valence-electron chi connectivity index (χ1n) is 8.21. The molecule has 1 saturated heterocycles. The van der Waals surface area contributed by atoms with Crippen LogP contribution in [0.2, 0.25) is 0 Å². The molecule has 2 aromatic rings. The number of benzene rings is 1. The summed E-state index contributed by atoms with van der Waals surface area (Å²) < 4.78 is 26.0. The van der Waals surface area contributed by atoms with E-state index in [4.69, 9.17) is 14.6 Å². The molecule has 0 unspecified atom stereocenters. The molecule has 0 atom stereocenters. The van der Waals surface area contributed by atoms with E-state index in [1.165, 1.54) is 18.2 Å². The van der Waals surface area contributed by atoms with Crippen molar-refractivity contribution in [2.75, 3.05) is 0 Å². The molecule has 5 nitrogen and oxygen atoms in total. The smallest absolute Gasteiger partial charge is 0.398 e. The number of halogens is 1. The van der Waals surface area contributed by atoms with Gasteiger partial charge in [0.25, 0.3) is 0 Å². The molecule has 1 aromatic heterocycles. The molecule has 0 N–H and O–H groups in total. The second-order valence-corrected chi connectivity index (χ2v) is 7.17. The van der Waals surface area contributed by atoms with Crippen LogP contribution in [0.25, 0.3) is 0 Å². The third kappa shape index (κ3) is 3.14. The number of aromatic nitrogens is 1. The highest BCUT2D eigenvalue weighted by Gasteiger charge is 2.52. The van der Waals surface area contributed by atoms with Crippen molar-refractivity contribution in [1.29, 1.82) is 5.26 Å². The van der Waals surface area contributed by atoms with Gasteiger partial charge >= 0.3 is 7.12 Å². The van der Waals surface area contributed by atoms with Gasteiger partial charge in [-0.1, -0.05) is 6.07 Å². The van der Waals surface area contributed by atoms with Crippen LogP contribution in [0.1, 0.15) is 49.3 Å². The van der Waals surface area contributed by atoms with Crippen LogP contribution in [0, 0.1) is 17.1 Å². The predicted octanol–water partition coefficient (Wildman–Crippen LogP) is 2.62. The normalized spacial score (nSPS) is 17.8. The van der Waals surface area contributed by atoms with E-state index in [1.807, 2.05) is 33.8 Å². The summed E-state index contributed by atoms with van der Waals surface area (Å²) in [6.45, 7) is 7.70. The first-order valence-corrected chi connectivity index (χ1v) is 8.21. The Balaban J connectivity index is 1.91. The molecule has 0 bridgehead atoms. The van der Waals surface area contributed by atoms with Crippen LogP contribution in [0.5, 0.6) is 0 Å². The van der Waals surface area contributed by atoms with Gasteiger partial charge in [-0.3, -0.25) is 9.78 Å². The number of carbonyl (C=O) groups excluding carboxylic acids is 1.